The highest BCUT2D eigenvalue weighted by Crippen LogP contribution is 2.22. The van der Waals surface area contributed by atoms with Gasteiger partial charge in [0.25, 0.3) is 11.8 Å². The number of unbranched alkanes of at least 4 members (excludes halogenated alkanes) is 1. The van der Waals surface area contributed by atoms with Crippen molar-refractivity contribution in [3.05, 3.63) is 47.2 Å². The van der Waals surface area contributed by atoms with Crippen molar-refractivity contribution in [2.75, 3.05) is 26.4 Å². The zero-order chi connectivity index (χ0) is 17.5. The van der Waals surface area contributed by atoms with Gasteiger partial charge < -0.3 is 9.47 Å². The maximum Gasteiger partial charge on any atom is 0.261 e. The number of carbonyl (C=O) groups is 2. The lowest BCUT2D eigenvalue weighted by atomic mass is 10.1. The third-order valence-corrected chi connectivity index (χ3v) is 4.56. The maximum absolute atomic E-state index is 12.2. The number of carbonyl (C=O) groups excluding carboxylic acids is 2. The van der Waals surface area contributed by atoms with Crippen molar-refractivity contribution in [1.82, 2.24) is 4.90 Å². The summed E-state index contributed by atoms with van der Waals surface area (Å²) in [6.07, 6.45) is 8.76. The van der Waals surface area contributed by atoms with Crippen LogP contribution in [-0.4, -0.2) is 43.1 Å². The van der Waals surface area contributed by atoms with Gasteiger partial charge in [-0.05, 0) is 50.3 Å². The van der Waals surface area contributed by atoms with E-state index in [-0.39, 0.29) is 11.8 Å². The Bertz CT molecular complexity index is 618. The fourth-order valence-electron chi connectivity index (χ4n) is 3.15. The van der Waals surface area contributed by atoms with Gasteiger partial charge in [0.2, 0.25) is 0 Å². The van der Waals surface area contributed by atoms with Gasteiger partial charge in [-0.1, -0.05) is 12.1 Å². The van der Waals surface area contributed by atoms with Crippen LogP contribution in [0.4, 0.5) is 0 Å². The van der Waals surface area contributed by atoms with Crippen LogP contribution in [0.15, 0.2) is 36.1 Å². The first-order valence-electron chi connectivity index (χ1n) is 9.12. The molecule has 0 aromatic heterocycles. The van der Waals surface area contributed by atoms with Crippen LogP contribution in [-0.2, 0) is 9.47 Å². The molecule has 2 amide bonds. The maximum atomic E-state index is 12.2. The summed E-state index contributed by atoms with van der Waals surface area (Å²) in [6.45, 7) is 2.02. The van der Waals surface area contributed by atoms with Crippen LogP contribution in [0.3, 0.4) is 0 Å². The van der Waals surface area contributed by atoms with Gasteiger partial charge in [0, 0.05) is 13.0 Å². The molecule has 1 aliphatic heterocycles. The van der Waals surface area contributed by atoms with E-state index in [9.17, 15) is 9.59 Å². The molecule has 0 atom stereocenters. The van der Waals surface area contributed by atoms with Crippen LogP contribution >= 0.6 is 0 Å². The molecule has 0 bridgehead atoms. The Labute approximate surface area is 148 Å². The molecule has 5 heteroatoms. The van der Waals surface area contributed by atoms with Crippen LogP contribution in [0.1, 0.15) is 59.2 Å². The van der Waals surface area contributed by atoms with Gasteiger partial charge in [-0.3, -0.25) is 14.5 Å². The zero-order valence-corrected chi connectivity index (χ0v) is 14.5. The molecule has 0 saturated carbocycles. The minimum Gasteiger partial charge on any atom is -0.498 e. The van der Waals surface area contributed by atoms with Gasteiger partial charge in [0.1, 0.15) is 0 Å². The summed E-state index contributed by atoms with van der Waals surface area (Å²) in [7, 11) is 0. The predicted octanol–water partition coefficient (Wildman–Crippen LogP) is 3.55. The molecule has 134 valence electrons. The van der Waals surface area contributed by atoms with Gasteiger partial charge in [-0.25, -0.2) is 0 Å². The molecule has 5 nitrogen and oxygen atoms in total. The van der Waals surface area contributed by atoms with Crippen LogP contribution in [0.5, 0.6) is 0 Å². The summed E-state index contributed by atoms with van der Waals surface area (Å²) >= 11 is 0. The molecular formula is C20H25NO4. The third-order valence-electron chi connectivity index (χ3n) is 4.56. The highest BCUT2D eigenvalue weighted by Gasteiger charge is 2.34. The fraction of sp³-hybridized carbons (Fsp3) is 0.500. The highest BCUT2D eigenvalue weighted by molar-refractivity contribution is 6.21. The molecule has 3 rings (SSSR count). The van der Waals surface area contributed by atoms with Crippen LogP contribution in [0.25, 0.3) is 0 Å². The Morgan fingerprint density at radius 2 is 1.64 bits per heavy atom. The van der Waals surface area contributed by atoms with E-state index in [0.29, 0.717) is 30.9 Å². The van der Waals surface area contributed by atoms with E-state index in [2.05, 4.69) is 6.08 Å². The summed E-state index contributed by atoms with van der Waals surface area (Å²) in [5, 5.41) is 0. The number of ether oxygens (including phenoxy) is 2. The lowest BCUT2D eigenvalue weighted by Crippen LogP contribution is -2.33. The number of amides is 2. The molecule has 0 spiro atoms. The molecule has 0 radical (unpaired) electrons. The van der Waals surface area contributed by atoms with Gasteiger partial charge >= 0.3 is 0 Å². The second kappa shape index (κ2) is 8.81. The van der Waals surface area contributed by atoms with Crippen molar-refractivity contribution in [2.45, 2.75) is 38.5 Å². The van der Waals surface area contributed by atoms with Crippen LogP contribution < -0.4 is 0 Å². The molecule has 1 heterocycles. The van der Waals surface area contributed by atoms with E-state index < -0.39 is 0 Å². The number of nitrogens with zero attached hydrogens (tertiary/aromatic N) is 1. The largest absolute Gasteiger partial charge is 0.498 e. The van der Waals surface area contributed by atoms with E-state index in [1.54, 1.807) is 24.3 Å². The fourth-order valence-corrected chi connectivity index (χ4v) is 3.15. The number of hydrogen-bond donors (Lipinski definition) is 0. The average molecular weight is 343 g/mol. The SMILES string of the molecule is O=C1c2ccccc2C(=O)N1CCOCCCCOC1=CCCCC1. The highest BCUT2D eigenvalue weighted by atomic mass is 16.5. The molecule has 25 heavy (non-hydrogen) atoms. The van der Waals surface area contributed by atoms with Crippen LogP contribution in [0.2, 0.25) is 0 Å². The molecule has 0 fully saturated rings. The first-order chi connectivity index (χ1) is 12.3. The Hall–Kier alpha value is -2.14. The molecule has 0 unspecified atom stereocenters. The molecular weight excluding hydrogens is 318 g/mol. The summed E-state index contributed by atoms with van der Waals surface area (Å²) in [6, 6.07) is 6.93. The number of rotatable bonds is 9. The molecule has 1 aromatic carbocycles. The molecule has 1 aliphatic carbocycles. The lowest BCUT2D eigenvalue weighted by Gasteiger charge is -2.15. The summed E-state index contributed by atoms with van der Waals surface area (Å²) < 4.78 is 11.3. The Balaban J connectivity index is 1.27. The number of benzene rings is 1. The number of imide groups is 1. The summed E-state index contributed by atoms with van der Waals surface area (Å²) in [5.41, 5.74) is 0.975. The number of allylic oxidation sites excluding steroid dienone is 2. The Kier molecular flexibility index (Phi) is 6.23. The first-order valence-corrected chi connectivity index (χ1v) is 9.12. The van der Waals surface area contributed by atoms with Crippen LogP contribution in [0, 0.1) is 0 Å². The van der Waals surface area contributed by atoms with Crippen molar-refractivity contribution < 1.29 is 19.1 Å². The Morgan fingerprint density at radius 1 is 0.920 bits per heavy atom. The van der Waals surface area contributed by atoms with Crippen molar-refractivity contribution in [3.8, 4) is 0 Å². The molecule has 1 aromatic rings. The third kappa shape index (κ3) is 4.48. The molecule has 0 saturated heterocycles. The first kappa shape index (κ1) is 17.7. The van der Waals surface area contributed by atoms with Gasteiger partial charge in [-0.2, -0.15) is 0 Å². The summed E-state index contributed by atoms with van der Waals surface area (Å²) in [4.78, 5) is 25.6. The minimum atomic E-state index is -0.224. The Morgan fingerprint density at radius 3 is 2.32 bits per heavy atom. The number of fused-ring (bicyclic) bond motifs is 1. The van der Waals surface area contributed by atoms with Gasteiger partial charge in [0.05, 0.1) is 36.6 Å². The van der Waals surface area contributed by atoms with E-state index in [4.69, 9.17) is 9.47 Å². The van der Waals surface area contributed by atoms with Crippen molar-refractivity contribution in [2.24, 2.45) is 0 Å². The molecule has 2 aliphatic rings. The summed E-state index contributed by atoms with van der Waals surface area (Å²) in [5.74, 6) is 0.689. The lowest BCUT2D eigenvalue weighted by molar-refractivity contribution is 0.0555. The van der Waals surface area contributed by atoms with Crippen molar-refractivity contribution in [1.29, 1.82) is 0 Å². The normalized spacial score (nSPS) is 16.8. The molecule has 0 N–H and O–H groups in total. The van der Waals surface area contributed by atoms with E-state index in [0.717, 1.165) is 38.0 Å². The van der Waals surface area contributed by atoms with E-state index in [1.165, 1.54) is 17.7 Å². The number of hydrogen-bond acceptors (Lipinski definition) is 4. The van der Waals surface area contributed by atoms with Crippen molar-refractivity contribution in [3.63, 3.8) is 0 Å². The van der Waals surface area contributed by atoms with E-state index in [1.807, 2.05) is 0 Å². The monoisotopic (exact) mass is 343 g/mol. The zero-order valence-electron chi connectivity index (χ0n) is 14.5. The predicted molar refractivity (Wildman–Crippen MR) is 94.4 cm³/mol. The average Bonchev–Trinajstić information content (AvgIpc) is 2.90. The smallest absolute Gasteiger partial charge is 0.261 e. The quantitative estimate of drug-likeness (QED) is 0.508. The van der Waals surface area contributed by atoms with Gasteiger partial charge in [0.15, 0.2) is 0 Å². The van der Waals surface area contributed by atoms with E-state index >= 15 is 0 Å². The topological polar surface area (TPSA) is 55.8 Å². The standard InChI is InChI=1S/C20H25NO4/c22-19-17-10-4-5-11-18(17)20(23)21(19)12-15-24-13-6-7-14-25-16-8-2-1-3-9-16/h4-5,8,10-11H,1-3,6-7,9,12-15H2. The minimum absolute atomic E-state index is 0.224. The second-order valence-electron chi connectivity index (χ2n) is 6.39. The second-order valence-corrected chi connectivity index (χ2v) is 6.39. The van der Waals surface area contributed by atoms with Crippen molar-refractivity contribution >= 4 is 11.8 Å². The van der Waals surface area contributed by atoms with Gasteiger partial charge in [-0.15, -0.1) is 0 Å².